The smallest absolute Gasteiger partial charge is 0.223 e. The number of benzene rings is 3. The Bertz CT molecular complexity index is 1170. The van der Waals surface area contributed by atoms with Crippen molar-refractivity contribution in [2.24, 2.45) is 0 Å². The molecular weight excluding hydrogens is 384 g/mol. The molecule has 1 unspecified atom stereocenters. The van der Waals surface area contributed by atoms with Gasteiger partial charge in [0.1, 0.15) is 5.82 Å². The van der Waals surface area contributed by atoms with E-state index in [0.29, 0.717) is 18.9 Å². The number of nitrogens with one attached hydrogen (secondary N) is 1. The number of para-hydroxylation sites is 4. The maximum atomic E-state index is 12.9. The molecule has 0 aliphatic carbocycles. The van der Waals surface area contributed by atoms with E-state index in [2.05, 4.69) is 40.2 Å². The third-order valence-corrected chi connectivity index (χ3v) is 5.89. The van der Waals surface area contributed by atoms with Gasteiger partial charge in [-0.15, -0.1) is 0 Å². The van der Waals surface area contributed by atoms with Crippen molar-refractivity contribution in [3.8, 4) is 5.69 Å². The Morgan fingerprint density at radius 2 is 1.65 bits per heavy atom. The highest BCUT2D eigenvalue weighted by atomic mass is 16.2. The Balaban J connectivity index is 1.28. The molecule has 5 heteroatoms. The van der Waals surface area contributed by atoms with Crippen molar-refractivity contribution in [2.75, 3.05) is 18.4 Å². The molecule has 1 aliphatic heterocycles. The molecule has 1 aromatic heterocycles. The second kappa shape index (κ2) is 8.64. The number of rotatable bonds is 6. The van der Waals surface area contributed by atoms with Crippen molar-refractivity contribution in [3.05, 3.63) is 90.8 Å². The van der Waals surface area contributed by atoms with Crippen LogP contribution >= 0.6 is 0 Å². The molecule has 1 atom stereocenters. The molecule has 1 saturated heterocycles. The topological polar surface area (TPSA) is 50.2 Å². The van der Waals surface area contributed by atoms with Gasteiger partial charge in [-0.3, -0.25) is 9.36 Å². The van der Waals surface area contributed by atoms with Crippen LogP contribution < -0.4 is 5.32 Å². The van der Waals surface area contributed by atoms with Gasteiger partial charge in [0.25, 0.3) is 0 Å². The first-order chi connectivity index (χ1) is 15.3. The first kappa shape index (κ1) is 19.4. The molecule has 0 bridgehead atoms. The van der Waals surface area contributed by atoms with E-state index in [1.807, 2.05) is 59.5 Å². The molecule has 5 nitrogen and oxygen atoms in total. The number of imidazole rings is 1. The maximum Gasteiger partial charge on any atom is 0.223 e. The summed E-state index contributed by atoms with van der Waals surface area (Å²) in [4.78, 5) is 19.8. The fraction of sp³-hybridized carbons (Fsp3) is 0.231. The normalized spacial score (nSPS) is 16.0. The molecule has 156 valence electrons. The molecule has 1 aliphatic rings. The number of amides is 1. The molecular formula is C26H26N4O. The van der Waals surface area contributed by atoms with Gasteiger partial charge in [-0.05, 0) is 42.8 Å². The lowest BCUT2D eigenvalue weighted by molar-refractivity contribution is -0.130. The number of hydrogen-bond acceptors (Lipinski definition) is 3. The van der Waals surface area contributed by atoms with Crippen LogP contribution in [0.4, 0.5) is 5.69 Å². The van der Waals surface area contributed by atoms with Gasteiger partial charge < -0.3 is 10.2 Å². The van der Waals surface area contributed by atoms with Crippen LogP contribution in [0.15, 0.2) is 84.9 Å². The fourth-order valence-electron chi connectivity index (χ4n) is 4.36. The van der Waals surface area contributed by atoms with Crippen LogP contribution in [0.5, 0.6) is 0 Å². The van der Waals surface area contributed by atoms with Gasteiger partial charge in [-0.2, -0.15) is 0 Å². The first-order valence-corrected chi connectivity index (χ1v) is 10.9. The van der Waals surface area contributed by atoms with E-state index in [4.69, 9.17) is 4.98 Å². The zero-order chi connectivity index (χ0) is 21.0. The van der Waals surface area contributed by atoms with Crippen LogP contribution in [0.3, 0.4) is 0 Å². The largest absolute Gasteiger partial charge is 0.380 e. The summed E-state index contributed by atoms with van der Waals surface area (Å²) < 4.78 is 2.17. The lowest BCUT2D eigenvalue weighted by Crippen LogP contribution is -2.31. The molecule has 1 amide bonds. The molecule has 4 aromatic rings. The average Bonchev–Trinajstić information content (AvgIpc) is 3.43. The quantitative estimate of drug-likeness (QED) is 0.502. The zero-order valence-corrected chi connectivity index (χ0v) is 17.4. The number of carbonyl (C=O) groups is 1. The van der Waals surface area contributed by atoms with E-state index in [1.54, 1.807) is 0 Å². The average molecular weight is 411 g/mol. The lowest BCUT2D eigenvalue weighted by Gasteiger charge is -2.18. The van der Waals surface area contributed by atoms with Crippen molar-refractivity contribution >= 4 is 22.6 Å². The highest BCUT2D eigenvalue weighted by Gasteiger charge is 2.26. The summed E-state index contributed by atoms with van der Waals surface area (Å²) in [7, 11) is 0. The van der Waals surface area contributed by atoms with Crippen LogP contribution in [0, 0.1) is 0 Å². The maximum absolute atomic E-state index is 12.9. The molecule has 0 spiro atoms. The summed E-state index contributed by atoms with van der Waals surface area (Å²) >= 11 is 0. The van der Waals surface area contributed by atoms with E-state index < -0.39 is 0 Å². The van der Waals surface area contributed by atoms with E-state index in [1.165, 1.54) is 0 Å². The second-order valence-corrected chi connectivity index (χ2v) is 8.02. The summed E-state index contributed by atoms with van der Waals surface area (Å²) in [5.74, 6) is 1.13. The number of aryl methyl sites for hydroxylation is 1. The third kappa shape index (κ3) is 4.17. The molecule has 31 heavy (non-hydrogen) atoms. The van der Waals surface area contributed by atoms with Crippen LogP contribution in [-0.4, -0.2) is 39.5 Å². The number of fused-ring (bicyclic) bond motifs is 1. The van der Waals surface area contributed by atoms with E-state index >= 15 is 0 Å². The predicted octanol–water partition coefficient (Wildman–Crippen LogP) is 4.67. The Morgan fingerprint density at radius 3 is 2.45 bits per heavy atom. The zero-order valence-electron chi connectivity index (χ0n) is 17.4. The Kier molecular flexibility index (Phi) is 5.40. The summed E-state index contributed by atoms with van der Waals surface area (Å²) in [6.45, 7) is 1.56. The SMILES string of the molecule is O=C(CCc1nc2ccccc2n1-c1ccccc1)N1CCC(Nc2ccccc2)C1. The molecule has 1 fully saturated rings. The van der Waals surface area contributed by atoms with Crippen molar-refractivity contribution < 1.29 is 4.79 Å². The first-order valence-electron chi connectivity index (χ1n) is 10.9. The van der Waals surface area contributed by atoms with E-state index in [-0.39, 0.29) is 5.91 Å². The monoisotopic (exact) mass is 410 g/mol. The molecule has 5 rings (SSSR count). The molecule has 0 saturated carbocycles. The third-order valence-electron chi connectivity index (χ3n) is 5.89. The molecule has 0 radical (unpaired) electrons. The molecule has 3 aromatic carbocycles. The number of likely N-dealkylation sites (tertiary alicyclic amines) is 1. The second-order valence-electron chi connectivity index (χ2n) is 8.02. The molecule has 2 heterocycles. The Hall–Kier alpha value is -3.60. The van der Waals surface area contributed by atoms with Crippen LogP contribution in [0.25, 0.3) is 16.7 Å². The fourth-order valence-corrected chi connectivity index (χ4v) is 4.36. The minimum atomic E-state index is 0.198. The van der Waals surface area contributed by atoms with E-state index in [9.17, 15) is 4.79 Å². The van der Waals surface area contributed by atoms with Crippen molar-refractivity contribution in [2.45, 2.75) is 25.3 Å². The predicted molar refractivity (Wildman–Crippen MR) is 124 cm³/mol. The standard InChI is InChI=1S/C26H26N4O/c31-26(29-18-17-21(19-29)27-20-9-3-1-4-10-20)16-15-25-28-23-13-7-8-14-24(23)30(25)22-11-5-2-6-12-22/h1-14,21,27H,15-19H2. The van der Waals surface area contributed by atoms with Gasteiger partial charge in [0.05, 0.1) is 11.0 Å². The van der Waals surface area contributed by atoms with Crippen molar-refractivity contribution in [1.82, 2.24) is 14.5 Å². The van der Waals surface area contributed by atoms with Crippen LogP contribution in [0.1, 0.15) is 18.7 Å². The number of hydrogen-bond donors (Lipinski definition) is 1. The Labute approximate surface area is 182 Å². The van der Waals surface area contributed by atoms with Gasteiger partial charge >= 0.3 is 0 Å². The summed E-state index contributed by atoms with van der Waals surface area (Å²) in [6, 6.07) is 28.9. The molecule has 1 N–H and O–H groups in total. The minimum absolute atomic E-state index is 0.198. The summed E-state index contributed by atoms with van der Waals surface area (Å²) in [5, 5.41) is 3.54. The Morgan fingerprint density at radius 1 is 0.935 bits per heavy atom. The summed E-state index contributed by atoms with van der Waals surface area (Å²) in [5.41, 5.74) is 4.22. The highest BCUT2D eigenvalue weighted by Crippen LogP contribution is 2.23. The number of nitrogens with zero attached hydrogens (tertiary/aromatic N) is 3. The number of aromatic nitrogens is 2. The van der Waals surface area contributed by atoms with E-state index in [0.717, 1.165) is 47.7 Å². The van der Waals surface area contributed by atoms with Crippen molar-refractivity contribution in [3.63, 3.8) is 0 Å². The van der Waals surface area contributed by atoms with Gasteiger partial charge in [-0.25, -0.2) is 4.98 Å². The van der Waals surface area contributed by atoms with Crippen molar-refractivity contribution in [1.29, 1.82) is 0 Å². The van der Waals surface area contributed by atoms with Gasteiger partial charge in [0, 0.05) is 43.3 Å². The number of anilines is 1. The summed E-state index contributed by atoms with van der Waals surface area (Å²) in [6.07, 6.45) is 2.06. The number of carbonyl (C=O) groups excluding carboxylic acids is 1. The van der Waals surface area contributed by atoms with Gasteiger partial charge in [-0.1, -0.05) is 48.5 Å². The van der Waals surface area contributed by atoms with Gasteiger partial charge in [0.15, 0.2) is 0 Å². The van der Waals surface area contributed by atoms with Crippen LogP contribution in [0.2, 0.25) is 0 Å². The minimum Gasteiger partial charge on any atom is -0.380 e. The van der Waals surface area contributed by atoms with Crippen LogP contribution in [-0.2, 0) is 11.2 Å². The highest BCUT2D eigenvalue weighted by molar-refractivity contribution is 5.79. The lowest BCUT2D eigenvalue weighted by atomic mass is 10.2. The van der Waals surface area contributed by atoms with Gasteiger partial charge in [0.2, 0.25) is 5.91 Å².